The van der Waals surface area contributed by atoms with Crippen molar-refractivity contribution < 1.29 is 5.11 Å². The first-order chi connectivity index (χ1) is 12.1. The first-order valence-corrected chi connectivity index (χ1v) is 8.57. The highest BCUT2D eigenvalue weighted by atomic mass is 16.3. The number of aliphatic hydroxyl groups is 1. The summed E-state index contributed by atoms with van der Waals surface area (Å²) in [4.78, 5) is 4.33. The molecular weight excluding hydrogens is 308 g/mol. The number of benzene rings is 1. The Morgan fingerprint density at radius 2 is 1.88 bits per heavy atom. The van der Waals surface area contributed by atoms with Crippen LogP contribution in [-0.4, -0.2) is 16.7 Å². The molecule has 0 bridgehead atoms. The third-order valence-corrected chi connectivity index (χ3v) is 4.02. The Kier molecular flexibility index (Phi) is 7.17. The van der Waals surface area contributed by atoms with Crippen molar-refractivity contribution in [2.45, 2.75) is 26.2 Å². The number of hydrogen-bond acceptors (Lipinski definition) is 3. The van der Waals surface area contributed by atoms with Crippen LogP contribution in [0, 0.1) is 0 Å². The minimum absolute atomic E-state index is 0.0610. The van der Waals surface area contributed by atoms with Crippen molar-refractivity contribution in [1.29, 1.82) is 0 Å². The van der Waals surface area contributed by atoms with E-state index >= 15 is 0 Å². The third-order valence-electron chi connectivity index (χ3n) is 4.02. The number of nitrogens with zero attached hydrogens (tertiary/aromatic N) is 1. The lowest BCUT2D eigenvalue weighted by Crippen LogP contribution is -2.01. The number of rotatable bonds is 9. The summed E-state index contributed by atoms with van der Waals surface area (Å²) in [5.74, 6) is 0.752. The molecule has 0 amide bonds. The summed E-state index contributed by atoms with van der Waals surface area (Å²) in [6.07, 6.45) is 8.20. The quantitative estimate of drug-likeness (QED) is 0.666. The molecule has 1 heterocycles. The molecule has 1 aromatic heterocycles. The van der Waals surface area contributed by atoms with Crippen molar-refractivity contribution >= 4 is 5.82 Å². The first-order valence-electron chi connectivity index (χ1n) is 8.57. The van der Waals surface area contributed by atoms with E-state index in [0.29, 0.717) is 11.3 Å². The number of hydrogen-bond donors (Lipinski definition) is 2. The lowest BCUT2D eigenvalue weighted by atomic mass is 10.0. The average molecular weight is 334 g/mol. The van der Waals surface area contributed by atoms with Crippen LogP contribution in [-0.2, 0) is 19.3 Å². The molecule has 130 valence electrons. The highest BCUT2D eigenvalue weighted by Gasteiger charge is 2.01. The normalized spacial score (nSPS) is 11.2. The molecule has 1 aromatic carbocycles. The molecule has 0 atom stereocenters. The fourth-order valence-electron chi connectivity index (χ4n) is 2.59. The highest BCUT2D eigenvalue weighted by molar-refractivity contribution is 5.47. The van der Waals surface area contributed by atoms with Crippen LogP contribution >= 0.6 is 0 Å². The molecule has 25 heavy (non-hydrogen) atoms. The average Bonchev–Trinajstić information content (AvgIpc) is 2.65. The van der Waals surface area contributed by atoms with Gasteiger partial charge in [0.05, 0.1) is 6.61 Å². The molecule has 0 saturated carbocycles. The lowest BCUT2D eigenvalue weighted by molar-refractivity contribution is 0.335. The zero-order valence-electron chi connectivity index (χ0n) is 14.8. The van der Waals surface area contributed by atoms with Gasteiger partial charge in [-0.05, 0) is 59.7 Å². The van der Waals surface area contributed by atoms with Crippen LogP contribution < -0.4 is 5.32 Å². The van der Waals surface area contributed by atoms with Gasteiger partial charge in [-0.15, -0.1) is 0 Å². The Hall–Kier alpha value is -2.65. The standard InChI is InChI=1S/C22H26N2O/c1-4-18-7-6-8-20(14-18)9-10-21-11-12-23-22(15-21)24-17(3)13-19(5-2)16-25/h5-8,11-15,25H,2-4,9-10,16H2,1H3,(H,23,24). The Bertz CT molecular complexity index is 762. The van der Waals surface area contributed by atoms with E-state index in [0.717, 1.165) is 25.1 Å². The van der Waals surface area contributed by atoms with E-state index < -0.39 is 0 Å². The van der Waals surface area contributed by atoms with E-state index in [4.69, 9.17) is 0 Å². The van der Waals surface area contributed by atoms with Crippen LogP contribution in [0.15, 0.2) is 79.2 Å². The molecule has 0 radical (unpaired) electrons. The summed E-state index contributed by atoms with van der Waals surface area (Å²) < 4.78 is 0. The zero-order valence-corrected chi connectivity index (χ0v) is 14.8. The Balaban J connectivity index is 1.99. The second-order valence-corrected chi connectivity index (χ2v) is 5.95. The minimum atomic E-state index is -0.0610. The molecule has 3 nitrogen and oxygen atoms in total. The fraction of sp³-hybridized carbons (Fsp3) is 0.227. The van der Waals surface area contributed by atoms with Gasteiger partial charge in [-0.3, -0.25) is 0 Å². The second-order valence-electron chi connectivity index (χ2n) is 5.95. The molecule has 0 unspecified atom stereocenters. The van der Waals surface area contributed by atoms with Gasteiger partial charge in [-0.1, -0.05) is 50.4 Å². The molecule has 0 fully saturated rings. The molecule has 0 saturated heterocycles. The zero-order chi connectivity index (χ0) is 18.1. The Morgan fingerprint density at radius 1 is 1.16 bits per heavy atom. The van der Waals surface area contributed by atoms with Crippen LogP contribution in [0.5, 0.6) is 0 Å². The summed E-state index contributed by atoms with van der Waals surface area (Å²) in [7, 11) is 0. The van der Waals surface area contributed by atoms with Gasteiger partial charge in [0, 0.05) is 11.9 Å². The third kappa shape index (κ3) is 6.05. The SMILES string of the molecule is C=CC(=CC(=C)Nc1cc(CCc2cccc(CC)c2)ccn1)CO. The summed E-state index contributed by atoms with van der Waals surface area (Å²) in [5.41, 5.74) is 5.34. The first kappa shape index (κ1) is 18.7. The van der Waals surface area contributed by atoms with E-state index in [1.165, 1.54) is 16.7 Å². The maximum atomic E-state index is 9.18. The fourth-order valence-corrected chi connectivity index (χ4v) is 2.59. The molecule has 0 spiro atoms. The van der Waals surface area contributed by atoms with Crippen molar-refractivity contribution in [3.8, 4) is 0 Å². The Morgan fingerprint density at radius 3 is 2.56 bits per heavy atom. The van der Waals surface area contributed by atoms with Crippen LogP contribution in [0.1, 0.15) is 23.6 Å². The molecule has 3 heteroatoms. The van der Waals surface area contributed by atoms with Crippen LogP contribution in [0.4, 0.5) is 5.82 Å². The second kappa shape index (κ2) is 9.60. The molecule has 0 aliphatic carbocycles. The Labute approximate surface area is 150 Å². The maximum absolute atomic E-state index is 9.18. The maximum Gasteiger partial charge on any atom is 0.130 e. The summed E-state index contributed by atoms with van der Waals surface area (Å²) in [5, 5.41) is 12.3. The van der Waals surface area contributed by atoms with E-state index in [1.54, 1.807) is 18.3 Å². The van der Waals surface area contributed by atoms with Gasteiger partial charge >= 0.3 is 0 Å². The predicted octanol–water partition coefficient (Wildman–Crippen LogP) is 4.46. The van der Waals surface area contributed by atoms with E-state index in [9.17, 15) is 5.11 Å². The molecule has 2 rings (SSSR count). The van der Waals surface area contributed by atoms with Crippen LogP contribution in [0.3, 0.4) is 0 Å². The van der Waals surface area contributed by atoms with Crippen molar-refractivity contribution in [2.24, 2.45) is 0 Å². The molecule has 0 aliphatic heterocycles. The van der Waals surface area contributed by atoms with E-state index in [1.807, 2.05) is 12.1 Å². The molecule has 2 N–H and O–H groups in total. The number of nitrogens with one attached hydrogen (secondary N) is 1. The lowest BCUT2D eigenvalue weighted by Gasteiger charge is -2.09. The van der Waals surface area contributed by atoms with Crippen molar-refractivity contribution in [2.75, 3.05) is 11.9 Å². The summed E-state index contributed by atoms with van der Waals surface area (Å²) >= 11 is 0. The van der Waals surface area contributed by atoms with Gasteiger partial charge in [-0.2, -0.15) is 0 Å². The number of aryl methyl sites for hydroxylation is 3. The van der Waals surface area contributed by atoms with Crippen molar-refractivity contribution in [3.63, 3.8) is 0 Å². The van der Waals surface area contributed by atoms with E-state index in [2.05, 4.69) is 54.6 Å². The van der Waals surface area contributed by atoms with Crippen LogP contribution in [0.25, 0.3) is 0 Å². The number of anilines is 1. The smallest absolute Gasteiger partial charge is 0.130 e. The minimum Gasteiger partial charge on any atom is -0.392 e. The van der Waals surface area contributed by atoms with Crippen molar-refractivity contribution in [1.82, 2.24) is 4.98 Å². The predicted molar refractivity (Wildman–Crippen MR) is 106 cm³/mol. The highest BCUT2D eigenvalue weighted by Crippen LogP contribution is 2.14. The van der Waals surface area contributed by atoms with Crippen molar-refractivity contribution in [3.05, 3.63) is 95.9 Å². The van der Waals surface area contributed by atoms with Gasteiger partial charge < -0.3 is 10.4 Å². The topological polar surface area (TPSA) is 45.2 Å². The summed E-state index contributed by atoms with van der Waals surface area (Å²) in [6, 6.07) is 12.8. The number of aliphatic hydroxyl groups excluding tert-OH is 1. The monoisotopic (exact) mass is 334 g/mol. The number of allylic oxidation sites excluding steroid dienone is 1. The van der Waals surface area contributed by atoms with E-state index in [-0.39, 0.29) is 6.61 Å². The van der Waals surface area contributed by atoms with Gasteiger partial charge in [0.1, 0.15) is 5.82 Å². The van der Waals surface area contributed by atoms with Gasteiger partial charge in [0.2, 0.25) is 0 Å². The number of aromatic nitrogens is 1. The van der Waals surface area contributed by atoms with Gasteiger partial charge in [-0.25, -0.2) is 4.98 Å². The van der Waals surface area contributed by atoms with Gasteiger partial charge in [0.25, 0.3) is 0 Å². The van der Waals surface area contributed by atoms with Crippen LogP contribution in [0.2, 0.25) is 0 Å². The largest absolute Gasteiger partial charge is 0.392 e. The number of pyridine rings is 1. The molecule has 2 aromatic rings. The molecular formula is C22H26N2O. The molecule has 0 aliphatic rings. The summed E-state index contributed by atoms with van der Waals surface area (Å²) in [6.45, 7) is 9.72. The van der Waals surface area contributed by atoms with Gasteiger partial charge in [0.15, 0.2) is 0 Å².